The van der Waals surface area contributed by atoms with Gasteiger partial charge in [-0.1, -0.05) is 22.8 Å². The normalized spacial score (nSPS) is 23.6. The van der Waals surface area contributed by atoms with Crippen LogP contribution >= 0.6 is 0 Å². The van der Waals surface area contributed by atoms with Gasteiger partial charge < -0.3 is 18.8 Å². The molecule has 2 aliphatic heterocycles. The number of fused-ring (bicyclic) bond motifs is 1. The fourth-order valence-electron chi connectivity index (χ4n) is 4.44. The zero-order valence-corrected chi connectivity index (χ0v) is 20.0. The predicted octanol–water partition coefficient (Wildman–Crippen LogP) is 1.65. The first-order valence-corrected chi connectivity index (χ1v) is 12.8. The minimum atomic E-state index is -3.73. The van der Waals surface area contributed by atoms with Crippen LogP contribution in [-0.4, -0.2) is 69.6 Å². The van der Waals surface area contributed by atoms with Gasteiger partial charge in [0.15, 0.2) is 0 Å². The van der Waals surface area contributed by atoms with Gasteiger partial charge in [-0.3, -0.25) is 0 Å². The van der Waals surface area contributed by atoms with E-state index in [2.05, 4.69) is 25.2 Å². The van der Waals surface area contributed by atoms with Crippen LogP contribution in [0.15, 0.2) is 72.1 Å². The Morgan fingerprint density at radius 3 is 2.56 bits per heavy atom. The number of nitrogens with zero attached hydrogens (tertiary/aromatic N) is 6. The van der Waals surface area contributed by atoms with E-state index < -0.39 is 28.3 Å². The minimum Gasteiger partial charge on any atom is -0.423 e. The molecule has 0 saturated carbocycles. The van der Waals surface area contributed by atoms with Crippen molar-refractivity contribution in [2.45, 2.75) is 36.1 Å². The first-order valence-electron chi connectivity index (χ1n) is 11.3. The first kappa shape index (κ1) is 22.8. The van der Waals surface area contributed by atoms with Gasteiger partial charge in [0.05, 0.1) is 30.5 Å². The summed E-state index contributed by atoms with van der Waals surface area (Å²) in [6.45, 7) is 2.32. The average molecular weight is 510 g/mol. The molecule has 0 bridgehead atoms. The van der Waals surface area contributed by atoms with E-state index in [0.717, 1.165) is 11.3 Å². The molecule has 12 nitrogen and oxygen atoms in total. The highest BCUT2D eigenvalue weighted by Gasteiger charge is 2.50. The summed E-state index contributed by atoms with van der Waals surface area (Å²) in [5.41, 5.74) is 1.92. The topological polar surface area (TPSA) is 135 Å². The zero-order valence-electron chi connectivity index (χ0n) is 19.2. The second-order valence-corrected chi connectivity index (χ2v) is 10.4. The maximum Gasteiger partial charge on any atom is 0.341 e. The third kappa shape index (κ3) is 4.26. The number of nitrogens with one attached hydrogen (secondary N) is 1. The van der Waals surface area contributed by atoms with Crippen LogP contribution in [-0.2, 0) is 19.5 Å². The van der Waals surface area contributed by atoms with Gasteiger partial charge in [0.1, 0.15) is 24.0 Å². The van der Waals surface area contributed by atoms with E-state index in [4.69, 9.17) is 14.2 Å². The molecular formula is C23H23N7O5S. The minimum absolute atomic E-state index is 0.172. The lowest BCUT2D eigenvalue weighted by molar-refractivity contribution is 0.0615. The molecule has 36 heavy (non-hydrogen) atoms. The van der Waals surface area contributed by atoms with E-state index in [9.17, 15) is 8.42 Å². The second-order valence-electron chi connectivity index (χ2n) is 8.68. The van der Waals surface area contributed by atoms with Crippen LogP contribution in [0.4, 0.5) is 0 Å². The maximum atomic E-state index is 12.9. The Kier molecular flexibility index (Phi) is 5.76. The number of aromatic nitrogens is 6. The molecule has 4 atom stereocenters. The average Bonchev–Trinajstić information content (AvgIpc) is 3.67. The number of hydrogen-bond donors (Lipinski definition) is 1. The number of benzene rings is 2. The number of sulfonamides is 1. The Hall–Kier alpha value is -3.65. The molecule has 2 aliphatic rings. The van der Waals surface area contributed by atoms with Gasteiger partial charge in [-0.25, -0.2) is 18.1 Å². The molecule has 0 spiro atoms. The lowest BCUT2D eigenvalue weighted by Gasteiger charge is -2.18. The van der Waals surface area contributed by atoms with Crippen LogP contribution in [0, 0.1) is 6.92 Å². The molecule has 0 amide bonds. The van der Waals surface area contributed by atoms with E-state index in [0.29, 0.717) is 5.75 Å². The lowest BCUT2D eigenvalue weighted by atomic mass is 10.1. The van der Waals surface area contributed by atoms with Crippen molar-refractivity contribution in [3.63, 3.8) is 0 Å². The number of imidazole rings is 1. The number of hydrogen-bond acceptors (Lipinski definition) is 9. The van der Waals surface area contributed by atoms with Crippen molar-refractivity contribution >= 4 is 10.0 Å². The van der Waals surface area contributed by atoms with E-state index in [1.807, 2.05) is 42.0 Å². The van der Waals surface area contributed by atoms with Gasteiger partial charge in [0.2, 0.25) is 10.0 Å². The summed E-state index contributed by atoms with van der Waals surface area (Å²) in [5, 5.41) is 11.9. The van der Waals surface area contributed by atoms with Gasteiger partial charge >= 0.3 is 6.01 Å². The number of rotatable bonds is 7. The van der Waals surface area contributed by atoms with Crippen LogP contribution in [0.1, 0.15) is 11.6 Å². The molecule has 0 unspecified atom stereocenters. The predicted molar refractivity (Wildman–Crippen MR) is 125 cm³/mol. The van der Waals surface area contributed by atoms with Gasteiger partial charge in [0.25, 0.3) is 0 Å². The molecule has 2 saturated heterocycles. The van der Waals surface area contributed by atoms with Crippen molar-refractivity contribution < 1.29 is 22.6 Å². The Morgan fingerprint density at radius 1 is 1.03 bits per heavy atom. The molecule has 0 aliphatic carbocycles. The van der Waals surface area contributed by atoms with Crippen molar-refractivity contribution in [1.29, 1.82) is 0 Å². The van der Waals surface area contributed by atoms with Crippen molar-refractivity contribution in [3.8, 4) is 17.4 Å². The zero-order chi connectivity index (χ0) is 24.7. The molecule has 6 rings (SSSR count). The standard InChI is InChI=1S/C23H23N7O5S/c1-15-2-8-18(9-3-15)36(31,32)26-19-12-33-22-20(13-34-21(19)22)30-23(25-27-28-30)35-17-6-4-16(5-7-17)29-11-10-24-14-29/h2-11,14,19-22,26H,12-13H2,1H3/t19-,20+,21-,22+/m1/s1. The molecule has 2 aromatic carbocycles. The summed E-state index contributed by atoms with van der Waals surface area (Å²) in [5.74, 6) is 0.557. The highest BCUT2D eigenvalue weighted by atomic mass is 32.2. The highest BCUT2D eigenvalue weighted by Crippen LogP contribution is 2.36. The van der Waals surface area contributed by atoms with E-state index in [1.165, 1.54) is 4.68 Å². The molecule has 4 heterocycles. The summed E-state index contributed by atoms with van der Waals surface area (Å²) in [4.78, 5) is 4.24. The van der Waals surface area contributed by atoms with Crippen molar-refractivity contribution in [3.05, 3.63) is 72.8 Å². The highest BCUT2D eigenvalue weighted by molar-refractivity contribution is 7.89. The van der Waals surface area contributed by atoms with Crippen LogP contribution in [0.5, 0.6) is 11.8 Å². The van der Waals surface area contributed by atoms with Gasteiger partial charge in [0, 0.05) is 18.1 Å². The molecule has 0 radical (unpaired) electrons. The third-order valence-corrected chi connectivity index (χ3v) is 7.80. The smallest absolute Gasteiger partial charge is 0.341 e. The first-order chi connectivity index (χ1) is 17.5. The van der Waals surface area contributed by atoms with Crippen molar-refractivity contribution in [1.82, 2.24) is 34.5 Å². The Labute approximate surface area is 206 Å². The largest absolute Gasteiger partial charge is 0.423 e. The quantitative estimate of drug-likeness (QED) is 0.394. The summed E-state index contributed by atoms with van der Waals surface area (Å²) in [6.07, 6.45) is 4.34. The number of ether oxygens (including phenoxy) is 3. The lowest BCUT2D eigenvalue weighted by Crippen LogP contribution is -2.44. The van der Waals surface area contributed by atoms with E-state index in [-0.39, 0.29) is 30.2 Å². The van der Waals surface area contributed by atoms with Gasteiger partial charge in [-0.05, 0) is 53.7 Å². The van der Waals surface area contributed by atoms with E-state index >= 15 is 0 Å². The summed E-state index contributed by atoms with van der Waals surface area (Å²) < 4.78 is 49.7. The fraction of sp³-hybridized carbons (Fsp3) is 0.304. The van der Waals surface area contributed by atoms with Gasteiger partial charge in [-0.2, -0.15) is 4.68 Å². The molecule has 186 valence electrons. The Bertz CT molecular complexity index is 1440. The van der Waals surface area contributed by atoms with Crippen molar-refractivity contribution in [2.24, 2.45) is 0 Å². The fourth-order valence-corrected chi connectivity index (χ4v) is 5.67. The second kappa shape index (κ2) is 9.09. The SMILES string of the molecule is Cc1ccc(S(=O)(=O)N[C@@H]2CO[C@@H]3[C@@H]2OC[C@@H]3n2nnnc2Oc2ccc(-n3ccnc3)cc2)cc1. The Morgan fingerprint density at radius 2 is 1.81 bits per heavy atom. The number of tetrazole rings is 1. The Balaban J connectivity index is 1.15. The molecule has 2 fully saturated rings. The molecular weight excluding hydrogens is 486 g/mol. The molecule has 4 aromatic rings. The summed E-state index contributed by atoms with van der Waals surface area (Å²) in [7, 11) is -3.73. The summed E-state index contributed by atoms with van der Waals surface area (Å²) in [6, 6.07) is 13.4. The third-order valence-electron chi connectivity index (χ3n) is 6.29. The van der Waals surface area contributed by atoms with E-state index in [1.54, 1.807) is 36.8 Å². The van der Waals surface area contributed by atoms with Crippen LogP contribution in [0.25, 0.3) is 5.69 Å². The van der Waals surface area contributed by atoms with Crippen LogP contribution in [0.3, 0.4) is 0 Å². The molecule has 2 aromatic heterocycles. The molecule has 13 heteroatoms. The van der Waals surface area contributed by atoms with Gasteiger partial charge in [-0.15, -0.1) is 0 Å². The summed E-state index contributed by atoms with van der Waals surface area (Å²) >= 11 is 0. The van der Waals surface area contributed by atoms with Crippen LogP contribution in [0.2, 0.25) is 0 Å². The molecule has 1 N–H and O–H groups in total. The van der Waals surface area contributed by atoms with Crippen molar-refractivity contribution in [2.75, 3.05) is 13.2 Å². The maximum absolute atomic E-state index is 12.9. The van der Waals surface area contributed by atoms with Crippen LogP contribution < -0.4 is 9.46 Å². The number of aryl methyl sites for hydroxylation is 1. The monoisotopic (exact) mass is 509 g/mol.